The number of likely N-dealkylation sites (tertiary alicyclic amines) is 1. The van der Waals surface area contributed by atoms with E-state index in [1.54, 1.807) is 24.0 Å². The summed E-state index contributed by atoms with van der Waals surface area (Å²) in [5, 5.41) is 0. The van der Waals surface area contributed by atoms with E-state index in [9.17, 15) is 22.8 Å². The molecule has 0 aliphatic carbocycles. The number of carbonyl (C=O) groups excluding carboxylic acids is 3. The lowest BCUT2D eigenvalue weighted by molar-refractivity contribution is -0.163. The molecule has 30 heavy (non-hydrogen) atoms. The number of amides is 1. The summed E-state index contributed by atoms with van der Waals surface area (Å²) in [6, 6.07) is 5.97. The Bertz CT molecular complexity index is 915. The van der Waals surface area contributed by atoms with Crippen molar-refractivity contribution in [3.8, 4) is 0 Å². The lowest BCUT2D eigenvalue weighted by Crippen LogP contribution is -2.43. The van der Waals surface area contributed by atoms with E-state index in [1.807, 2.05) is 0 Å². The molecule has 9 heteroatoms. The van der Waals surface area contributed by atoms with Crippen LogP contribution in [0.1, 0.15) is 49.9 Å². The maximum absolute atomic E-state index is 12.9. The zero-order valence-electron chi connectivity index (χ0n) is 17.4. The molecule has 0 bridgehead atoms. The first kappa shape index (κ1) is 22.4. The molecule has 2 heterocycles. The van der Waals surface area contributed by atoms with Crippen molar-refractivity contribution in [1.29, 1.82) is 0 Å². The van der Waals surface area contributed by atoms with Crippen molar-refractivity contribution in [2.24, 2.45) is 5.92 Å². The number of ether oxygens (including phenoxy) is 1. The van der Waals surface area contributed by atoms with Crippen LogP contribution in [-0.2, 0) is 24.3 Å². The van der Waals surface area contributed by atoms with Crippen LogP contribution in [0.4, 0.5) is 0 Å². The summed E-state index contributed by atoms with van der Waals surface area (Å²) in [4.78, 5) is 38.1. The van der Waals surface area contributed by atoms with Crippen LogP contribution in [-0.4, -0.2) is 67.6 Å². The van der Waals surface area contributed by atoms with Crippen LogP contribution in [0, 0.1) is 5.92 Å². The Morgan fingerprint density at radius 1 is 1.07 bits per heavy atom. The molecule has 0 radical (unpaired) electrons. The first-order chi connectivity index (χ1) is 14.2. The summed E-state index contributed by atoms with van der Waals surface area (Å²) in [7, 11) is -3.75. The fourth-order valence-corrected chi connectivity index (χ4v) is 5.39. The fraction of sp³-hybridized carbons (Fsp3) is 0.571. The minimum Gasteiger partial charge on any atom is -0.452 e. The quantitative estimate of drug-likeness (QED) is 0.498. The highest BCUT2D eigenvalue weighted by Crippen LogP contribution is 2.26. The summed E-state index contributed by atoms with van der Waals surface area (Å²) in [5.74, 6) is -1.27. The highest BCUT2D eigenvalue weighted by atomic mass is 32.2. The van der Waals surface area contributed by atoms with Gasteiger partial charge in [-0.15, -0.1) is 0 Å². The third kappa shape index (κ3) is 4.89. The van der Waals surface area contributed by atoms with Crippen LogP contribution < -0.4 is 0 Å². The molecule has 2 aliphatic heterocycles. The molecular formula is C21H28N2O6S. The molecule has 2 saturated heterocycles. The number of ketones is 1. The van der Waals surface area contributed by atoms with Crippen molar-refractivity contribution in [1.82, 2.24) is 9.21 Å². The molecule has 1 aromatic carbocycles. The summed E-state index contributed by atoms with van der Waals surface area (Å²) in [6.45, 7) is 4.73. The SMILES string of the molecule is CC(=O)c1cccc(S(=O)(=O)N2CCC(C(=O)O[C@H](C)C(=O)N3CCCC3)CC2)c1. The second kappa shape index (κ2) is 9.26. The van der Waals surface area contributed by atoms with Crippen LogP contribution in [0.15, 0.2) is 29.2 Å². The van der Waals surface area contributed by atoms with Crippen LogP contribution in [0.5, 0.6) is 0 Å². The van der Waals surface area contributed by atoms with Gasteiger partial charge in [0.15, 0.2) is 11.9 Å². The number of nitrogens with zero attached hydrogens (tertiary/aromatic N) is 2. The monoisotopic (exact) mass is 436 g/mol. The van der Waals surface area contributed by atoms with E-state index in [0.29, 0.717) is 31.5 Å². The molecule has 3 rings (SSSR count). The van der Waals surface area contributed by atoms with E-state index >= 15 is 0 Å². The van der Waals surface area contributed by atoms with Crippen molar-refractivity contribution in [3.05, 3.63) is 29.8 Å². The number of carbonyl (C=O) groups is 3. The molecule has 1 amide bonds. The topological polar surface area (TPSA) is 101 Å². The van der Waals surface area contributed by atoms with Gasteiger partial charge in [-0.05, 0) is 51.7 Å². The number of piperidine rings is 1. The number of benzene rings is 1. The number of Topliss-reactive ketones (excluding diaryl/α,β-unsaturated/α-hetero) is 1. The molecule has 0 spiro atoms. The predicted octanol–water partition coefficient (Wildman–Crippen LogP) is 1.84. The summed E-state index contributed by atoms with van der Waals surface area (Å²) in [5.41, 5.74) is 0.339. The van der Waals surface area contributed by atoms with Gasteiger partial charge in [0.1, 0.15) is 0 Å². The normalized spacial score (nSPS) is 19.5. The molecule has 0 N–H and O–H groups in total. The second-order valence-electron chi connectivity index (χ2n) is 7.87. The number of hydrogen-bond acceptors (Lipinski definition) is 6. The maximum atomic E-state index is 12.9. The molecule has 1 atom stereocenters. The molecule has 0 unspecified atom stereocenters. The predicted molar refractivity (Wildman–Crippen MR) is 109 cm³/mol. The van der Waals surface area contributed by atoms with Gasteiger partial charge in [0.25, 0.3) is 5.91 Å². The Morgan fingerprint density at radius 3 is 2.30 bits per heavy atom. The zero-order valence-corrected chi connectivity index (χ0v) is 18.2. The van der Waals surface area contributed by atoms with Crippen molar-refractivity contribution in [2.75, 3.05) is 26.2 Å². The smallest absolute Gasteiger partial charge is 0.309 e. The molecule has 1 aromatic rings. The van der Waals surface area contributed by atoms with Crippen molar-refractivity contribution >= 4 is 27.7 Å². The van der Waals surface area contributed by atoms with Gasteiger partial charge in [-0.2, -0.15) is 4.31 Å². The summed E-state index contributed by atoms with van der Waals surface area (Å²) < 4.78 is 32.5. The average molecular weight is 437 g/mol. The van der Waals surface area contributed by atoms with Crippen molar-refractivity contribution in [3.63, 3.8) is 0 Å². The van der Waals surface area contributed by atoms with E-state index in [1.165, 1.54) is 23.4 Å². The first-order valence-electron chi connectivity index (χ1n) is 10.3. The van der Waals surface area contributed by atoms with Crippen LogP contribution >= 0.6 is 0 Å². The van der Waals surface area contributed by atoms with Gasteiger partial charge in [0.2, 0.25) is 10.0 Å². The zero-order chi connectivity index (χ0) is 21.9. The Kier molecular flexibility index (Phi) is 6.92. The third-order valence-electron chi connectivity index (χ3n) is 5.72. The van der Waals surface area contributed by atoms with Gasteiger partial charge in [-0.3, -0.25) is 14.4 Å². The van der Waals surface area contributed by atoms with Gasteiger partial charge in [-0.1, -0.05) is 12.1 Å². The summed E-state index contributed by atoms with van der Waals surface area (Å²) in [6.07, 6.45) is 1.76. The standard InChI is InChI=1S/C21H28N2O6S/c1-15(24)18-6-5-7-19(14-18)30(27,28)23-12-8-17(9-13-23)21(26)29-16(2)20(25)22-10-3-4-11-22/h5-7,14,16-17H,3-4,8-13H2,1-2H3/t16-/m1/s1. The second-order valence-corrected chi connectivity index (χ2v) is 9.81. The third-order valence-corrected chi connectivity index (χ3v) is 7.62. The molecule has 2 fully saturated rings. The Balaban J connectivity index is 1.57. The van der Waals surface area contributed by atoms with Crippen LogP contribution in [0.25, 0.3) is 0 Å². The van der Waals surface area contributed by atoms with Gasteiger partial charge >= 0.3 is 5.97 Å². The number of rotatable bonds is 6. The van der Waals surface area contributed by atoms with Gasteiger partial charge in [0.05, 0.1) is 10.8 Å². The largest absolute Gasteiger partial charge is 0.452 e. The Hall–Kier alpha value is -2.26. The lowest BCUT2D eigenvalue weighted by atomic mass is 9.98. The lowest BCUT2D eigenvalue weighted by Gasteiger charge is -2.31. The molecule has 0 aromatic heterocycles. The molecule has 0 saturated carbocycles. The average Bonchev–Trinajstić information content (AvgIpc) is 3.28. The Labute approximate surface area is 177 Å². The van der Waals surface area contributed by atoms with Crippen LogP contribution in [0.2, 0.25) is 0 Å². The van der Waals surface area contributed by atoms with Gasteiger partial charge in [0, 0.05) is 31.7 Å². The number of esters is 1. The van der Waals surface area contributed by atoms with E-state index < -0.39 is 28.0 Å². The van der Waals surface area contributed by atoms with Crippen molar-refractivity contribution < 1.29 is 27.5 Å². The van der Waals surface area contributed by atoms with Crippen LogP contribution in [0.3, 0.4) is 0 Å². The highest BCUT2D eigenvalue weighted by molar-refractivity contribution is 7.89. The molecule has 164 valence electrons. The van der Waals surface area contributed by atoms with E-state index in [4.69, 9.17) is 4.74 Å². The molecule has 8 nitrogen and oxygen atoms in total. The molecule has 2 aliphatic rings. The van der Waals surface area contributed by atoms with Gasteiger partial charge < -0.3 is 9.64 Å². The number of hydrogen-bond donors (Lipinski definition) is 0. The maximum Gasteiger partial charge on any atom is 0.309 e. The molecular weight excluding hydrogens is 408 g/mol. The van der Waals surface area contributed by atoms with Gasteiger partial charge in [-0.25, -0.2) is 8.42 Å². The number of sulfonamides is 1. The first-order valence-corrected chi connectivity index (χ1v) is 11.7. The highest BCUT2D eigenvalue weighted by Gasteiger charge is 2.35. The minimum atomic E-state index is -3.75. The van der Waals surface area contributed by atoms with Crippen molar-refractivity contribution in [2.45, 2.75) is 50.5 Å². The van der Waals surface area contributed by atoms with E-state index in [-0.39, 0.29) is 29.7 Å². The Morgan fingerprint density at radius 2 is 1.70 bits per heavy atom. The van der Waals surface area contributed by atoms with E-state index in [0.717, 1.165) is 12.8 Å². The van der Waals surface area contributed by atoms with E-state index in [2.05, 4.69) is 0 Å². The summed E-state index contributed by atoms with van der Waals surface area (Å²) >= 11 is 0. The fourth-order valence-electron chi connectivity index (χ4n) is 3.87. The minimum absolute atomic E-state index is 0.0704.